The van der Waals surface area contributed by atoms with Gasteiger partial charge < -0.3 is 24.4 Å². The monoisotopic (exact) mass is 525 g/mol. The summed E-state index contributed by atoms with van der Waals surface area (Å²) in [5.41, 5.74) is 2.73. The Labute approximate surface area is 229 Å². The molecule has 2 aromatic rings. The molecule has 2 aromatic carbocycles. The second-order valence-electron chi connectivity index (χ2n) is 11.1. The number of carbonyl (C=O) groups is 1. The highest BCUT2D eigenvalue weighted by Crippen LogP contribution is 2.29. The van der Waals surface area contributed by atoms with Gasteiger partial charge in [-0.25, -0.2) is 0 Å². The molecule has 0 saturated carbocycles. The first-order valence-electron chi connectivity index (χ1n) is 13.9. The molecule has 0 aromatic heterocycles. The summed E-state index contributed by atoms with van der Waals surface area (Å²) in [5, 5.41) is 10.1. The molecule has 1 aliphatic heterocycles. The summed E-state index contributed by atoms with van der Waals surface area (Å²) in [4.78, 5) is 20.1. The van der Waals surface area contributed by atoms with Crippen LogP contribution >= 0.6 is 0 Å². The summed E-state index contributed by atoms with van der Waals surface area (Å²) in [6.07, 6.45) is 2.77. The van der Waals surface area contributed by atoms with Gasteiger partial charge in [0, 0.05) is 51.9 Å². The summed E-state index contributed by atoms with van der Waals surface area (Å²) < 4.78 is 12.8. The molecule has 7 nitrogen and oxygen atoms in total. The van der Waals surface area contributed by atoms with E-state index in [0.29, 0.717) is 24.5 Å². The summed E-state index contributed by atoms with van der Waals surface area (Å²) in [7, 11) is 6.04. The van der Waals surface area contributed by atoms with Crippen molar-refractivity contribution in [1.82, 2.24) is 9.80 Å². The predicted octanol–water partition coefficient (Wildman–Crippen LogP) is 4.68. The zero-order valence-corrected chi connectivity index (χ0v) is 24.1. The van der Waals surface area contributed by atoms with Crippen LogP contribution in [-0.2, 0) is 11.3 Å². The first-order chi connectivity index (χ1) is 18.2. The fraction of sp³-hybridized carbons (Fsp3) is 0.581. The third-order valence-corrected chi connectivity index (χ3v) is 7.34. The highest BCUT2D eigenvalue weighted by atomic mass is 16.5. The molecule has 4 atom stereocenters. The van der Waals surface area contributed by atoms with Crippen molar-refractivity contribution in [2.75, 3.05) is 52.3 Å². The quantitative estimate of drug-likeness (QED) is 0.566. The topological polar surface area (TPSA) is 65.5 Å². The first kappa shape index (κ1) is 29.9. The Bertz CT molecular complexity index is 1000. The van der Waals surface area contributed by atoms with Crippen LogP contribution in [0.3, 0.4) is 0 Å². The van der Waals surface area contributed by atoms with Crippen molar-refractivity contribution >= 4 is 11.6 Å². The van der Waals surface area contributed by atoms with Crippen LogP contribution in [-0.4, -0.2) is 86.5 Å². The fourth-order valence-electron chi connectivity index (χ4n) is 4.92. The number of amides is 1. The zero-order valence-electron chi connectivity index (χ0n) is 24.1. The normalized spacial score (nSPS) is 22.4. The zero-order chi connectivity index (χ0) is 27.7. The van der Waals surface area contributed by atoms with Crippen molar-refractivity contribution in [3.8, 4) is 5.75 Å². The van der Waals surface area contributed by atoms with Gasteiger partial charge in [-0.1, -0.05) is 37.3 Å². The lowest BCUT2D eigenvalue weighted by atomic mass is 10.0. The highest BCUT2D eigenvalue weighted by Gasteiger charge is 2.30. The molecule has 0 fully saturated rings. The Balaban J connectivity index is 1.90. The number of anilines is 1. The van der Waals surface area contributed by atoms with Crippen LogP contribution in [0, 0.1) is 5.92 Å². The number of carbonyl (C=O) groups excluding carboxylic acids is 1. The predicted molar refractivity (Wildman–Crippen MR) is 154 cm³/mol. The Kier molecular flexibility index (Phi) is 11.4. The number of fused-ring (bicyclic) bond motifs is 1. The second-order valence-corrected chi connectivity index (χ2v) is 11.1. The van der Waals surface area contributed by atoms with Crippen LogP contribution in [0.2, 0.25) is 0 Å². The van der Waals surface area contributed by atoms with Crippen LogP contribution in [0.15, 0.2) is 48.5 Å². The van der Waals surface area contributed by atoms with Gasteiger partial charge >= 0.3 is 0 Å². The van der Waals surface area contributed by atoms with Crippen molar-refractivity contribution < 1.29 is 19.4 Å². The molecule has 0 aliphatic carbocycles. The van der Waals surface area contributed by atoms with Gasteiger partial charge in [0.05, 0.1) is 30.4 Å². The Hall–Kier alpha value is -2.61. The molecule has 1 heterocycles. The number of rotatable bonds is 7. The molecule has 0 saturated heterocycles. The highest BCUT2D eigenvalue weighted by molar-refractivity contribution is 5.98. The minimum atomic E-state index is -0.339. The van der Waals surface area contributed by atoms with E-state index in [1.54, 1.807) is 4.90 Å². The van der Waals surface area contributed by atoms with Crippen molar-refractivity contribution in [2.24, 2.45) is 5.92 Å². The largest absolute Gasteiger partial charge is 0.490 e. The van der Waals surface area contributed by atoms with Crippen LogP contribution < -0.4 is 9.64 Å². The first-order valence-corrected chi connectivity index (χ1v) is 13.9. The molecule has 1 aliphatic rings. The van der Waals surface area contributed by atoms with E-state index >= 15 is 0 Å². The van der Waals surface area contributed by atoms with Crippen LogP contribution in [0.1, 0.15) is 56.0 Å². The molecule has 0 bridgehead atoms. The van der Waals surface area contributed by atoms with Crippen LogP contribution in [0.4, 0.5) is 5.69 Å². The lowest BCUT2D eigenvalue weighted by Crippen LogP contribution is -2.47. The van der Waals surface area contributed by atoms with Crippen molar-refractivity contribution in [3.05, 3.63) is 59.7 Å². The standard InChI is InChI=1S/C31H47N3O4/c1-23-19-34(24(2)22-35)31(36)28-18-27(32(4)5)15-16-29(28)38-25(3)12-10-11-17-37-30(23)21-33(6)20-26-13-8-7-9-14-26/h7-9,13-16,18,23-25,30,35H,10-12,17,19-22H2,1-6H3/t23-,24+,25+,30-/m1/s1. The van der Waals surface area contributed by atoms with Gasteiger partial charge in [0.25, 0.3) is 5.91 Å². The van der Waals surface area contributed by atoms with E-state index < -0.39 is 0 Å². The number of benzene rings is 2. The second kappa shape index (κ2) is 14.5. The molecule has 1 amide bonds. The Morgan fingerprint density at radius 3 is 2.50 bits per heavy atom. The average Bonchev–Trinajstić information content (AvgIpc) is 2.90. The summed E-state index contributed by atoms with van der Waals surface area (Å²) in [6.45, 7) is 8.72. The maximum atomic E-state index is 14.1. The van der Waals surface area contributed by atoms with E-state index in [1.807, 2.05) is 50.2 Å². The van der Waals surface area contributed by atoms with E-state index in [1.165, 1.54) is 5.56 Å². The lowest BCUT2D eigenvalue weighted by molar-refractivity contribution is -0.0177. The Morgan fingerprint density at radius 1 is 1.08 bits per heavy atom. The van der Waals surface area contributed by atoms with Crippen LogP contribution in [0.25, 0.3) is 0 Å². The Morgan fingerprint density at radius 2 is 1.82 bits per heavy atom. The minimum absolute atomic E-state index is 0.0230. The molecular weight excluding hydrogens is 478 g/mol. The van der Waals surface area contributed by atoms with Crippen LogP contribution in [0.5, 0.6) is 5.75 Å². The van der Waals surface area contributed by atoms with E-state index in [9.17, 15) is 9.90 Å². The van der Waals surface area contributed by atoms with Gasteiger partial charge in [-0.2, -0.15) is 0 Å². The van der Waals surface area contributed by atoms with Crippen molar-refractivity contribution in [2.45, 2.75) is 64.8 Å². The molecule has 210 valence electrons. The lowest BCUT2D eigenvalue weighted by Gasteiger charge is -2.36. The number of likely N-dealkylation sites (N-methyl/N-ethyl adjacent to an activating group) is 1. The maximum Gasteiger partial charge on any atom is 0.258 e. The number of nitrogens with zero attached hydrogens (tertiary/aromatic N) is 3. The van der Waals surface area contributed by atoms with Gasteiger partial charge in [-0.15, -0.1) is 0 Å². The number of hydrogen-bond acceptors (Lipinski definition) is 6. The van der Waals surface area contributed by atoms with Gasteiger partial charge in [0.15, 0.2) is 0 Å². The molecule has 0 unspecified atom stereocenters. The van der Waals surface area contributed by atoms with Gasteiger partial charge in [0.2, 0.25) is 0 Å². The number of aliphatic hydroxyl groups is 1. The number of aliphatic hydroxyl groups excluding tert-OH is 1. The minimum Gasteiger partial charge on any atom is -0.490 e. The number of ether oxygens (including phenoxy) is 2. The number of hydrogen-bond donors (Lipinski definition) is 1. The van der Waals surface area contributed by atoms with Crippen molar-refractivity contribution in [1.29, 1.82) is 0 Å². The summed E-state index contributed by atoms with van der Waals surface area (Å²) in [5.74, 6) is 0.538. The third-order valence-electron chi connectivity index (χ3n) is 7.34. The molecule has 0 spiro atoms. The molecular formula is C31H47N3O4. The average molecular weight is 526 g/mol. The van der Waals surface area contributed by atoms with Gasteiger partial charge in [-0.3, -0.25) is 9.69 Å². The van der Waals surface area contributed by atoms with Gasteiger partial charge in [-0.05, 0) is 63.9 Å². The van der Waals surface area contributed by atoms with Crippen molar-refractivity contribution in [3.63, 3.8) is 0 Å². The van der Waals surface area contributed by atoms with E-state index in [-0.39, 0.29) is 36.7 Å². The van der Waals surface area contributed by atoms with Gasteiger partial charge in [0.1, 0.15) is 5.75 Å². The van der Waals surface area contributed by atoms with E-state index in [0.717, 1.165) is 38.0 Å². The molecule has 1 N–H and O–H groups in total. The summed E-state index contributed by atoms with van der Waals surface area (Å²) >= 11 is 0. The SMILES string of the molecule is C[C@@H]1CN([C@@H](C)CO)C(=O)c2cc(N(C)C)ccc2O[C@@H](C)CCCCO[C@@H]1CN(C)Cc1ccccc1. The molecule has 3 rings (SSSR count). The van der Waals surface area contributed by atoms with E-state index in [4.69, 9.17) is 9.47 Å². The smallest absolute Gasteiger partial charge is 0.258 e. The fourth-order valence-corrected chi connectivity index (χ4v) is 4.92. The van der Waals surface area contributed by atoms with E-state index in [2.05, 4.69) is 50.1 Å². The third kappa shape index (κ3) is 8.45. The molecule has 38 heavy (non-hydrogen) atoms. The molecule has 0 radical (unpaired) electrons. The molecule has 7 heteroatoms. The summed E-state index contributed by atoms with van der Waals surface area (Å²) in [6, 6.07) is 15.9. The maximum absolute atomic E-state index is 14.1.